The fourth-order valence-corrected chi connectivity index (χ4v) is 2.49. The molecule has 2 aromatic rings. The topological polar surface area (TPSA) is 25.8 Å². The Labute approximate surface area is 95.4 Å². The first-order chi connectivity index (χ1) is 7.68. The maximum Gasteiger partial charge on any atom is 0.115 e. The number of hydrogen-bond donors (Lipinski definition) is 0. The van der Waals surface area contributed by atoms with E-state index in [1.807, 2.05) is 6.20 Å². The van der Waals surface area contributed by atoms with E-state index >= 15 is 0 Å². The molecule has 16 heavy (non-hydrogen) atoms. The van der Waals surface area contributed by atoms with E-state index in [1.54, 1.807) is 6.33 Å². The minimum atomic E-state index is 0.958. The monoisotopic (exact) mass is 210 g/mol. The Bertz CT molecular complexity index is 586. The van der Waals surface area contributed by atoms with Gasteiger partial charge in [-0.15, -0.1) is 0 Å². The number of nitrogens with zero attached hydrogens (tertiary/aromatic N) is 2. The largest absolute Gasteiger partial charge is 0.244 e. The van der Waals surface area contributed by atoms with Crippen LogP contribution in [0.25, 0.3) is 11.1 Å². The molecule has 0 saturated heterocycles. The predicted octanol–water partition coefficient (Wildman–Crippen LogP) is 2.97. The van der Waals surface area contributed by atoms with Crippen LogP contribution in [0.1, 0.15) is 27.9 Å². The highest BCUT2D eigenvalue weighted by molar-refractivity contribution is 5.77. The van der Waals surface area contributed by atoms with E-state index in [9.17, 15) is 0 Å². The van der Waals surface area contributed by atoms with Crippen LogP contribution in [0.2, 0.25) is 0 Å². The molecule has 2 nitrogen and oxygen atoms in total. The molecule has 0 radical (unpaired) electrons. The van der Waals surface area contributed by atoms with Crippen LogP contribution < -0.4 is 0 Å². The number of hydrogen-bond acceptors (Lipinski definition) is 2. The summed E-state index contributed by atoms with van der Waals surface area (Å²) in [6, 6.07) is 2.27. The summed E-state index contributed by atoms with van der Waals surface area (Å²) in [4.78, 5) is 8.49. The summed E-state index contributed by atoms with van der Waals surface area (Å²) >= 11 is 0. The van der Waals surface area contributed by atoms with Crippen molar-refractivity contribution in [3.05, 3.63) is 46.5 Å². The summed E-state index contributed by atoms with van der Waals surface area (Å²) in [6.45, 7) is 6.57. The Morgan fingerprint density at radius 2 is 1.88 bits per heavy atom. The first kappa shape index (κ1) is 9.52. The summed E-state index contributed by atoms with van der Waals surface area (Å²) in [7, 11) is 0. The van der Waals surface area contributed by atoms with Crippen LogP contribution >= 0.6 is 0 Å². The molecule has 2 heteroatoms. The lowest BCUT2D eigenvalue weighted by molar-refractivity contribution is 1.06. The number of rotatable bonds is 0. The molecule has 1 aliphatic rings. The number of aromatic nitrogens is 2. The Hall–Kier alpha value is -1.70. The van der Waals surface area contributed by atoms with Gasteiger partial charge in [0.1, 0.15) is 6.33 Å². The SMILES string of the molecule is Cc1cc2c(c(C)c1C)Cc1ncncc1-2. The van der Waals surface area contributed by atoms with Crippen LogP contribution in [-0.2, 0) is 6.42 Å². The third kappa shape index (κ3) is 1.13. The molecule has 0 saturated carbocycles. The summed E-state index contributed by atoms with van der Waals surface area (Å²) in [5.41, 5.74) is 9.30. The van der Waals surface area contributed by atoms with Gasteiger partial charge in [0.15, 0.2) is 0 Å². The predicted molar refractivity (Wildman–Crippen MR) is 64.5 cm³/mol. The summed E-state index contributed by atoms with van der Waals surface area (Å²) < 4.78 is 0. The molecule has 80 valence electrons. The minimum absolute atomic E-state index is 0.958. The molecule has 0 spiro atoms. The van der Waals surface area contributed by atoms with Crippen molar-refractivity contribution in [1.82, 2.24) is 9.97 Å². The molecular weight excluding hydrogens is 196 g/mol. The normalized spacial score (nSPS) is 12.4. The molecule has 0 bridgehead atoms. The second kappa shape index (κ2) is 3.14. The maximum atomic E-state index is 4.36. The van der Waals surface area contributed by atoms with Crippen molar-refractivity contribution in [1.29, 1.82) is 0 Å². The van der Waals surface area contributed by atoms with Crippen molar-refractivity contribution in [2.75, 3.05) is 0 Å². The fourth-order valence-electron chi connectivity index (χ4n) is 2.49. The fraction of sp³-hybridized carbons (Fsp3) is 0.286. The standard InChI is InChI=1S/C14H14N2/c1-8-4-12-11(10(3)9(8)2)5-14-13(12)6-15-7-16-14/h4,6-7H,5H2,1-3H3. The van der Waals surface area contributed by atoms with Crippen molar-refractivity contribution in [3.63, 3.8) is 0 Å². The van der Waals surface area contributed by atoms with Gasteiger partial charge < -0.3 is 0 Å². The van der Waals surface area contributed by atoms with Crippen LogP contribution in [0.15, 0.2) is 18.6 Å². The van der Waals surface area contributed by atoms with E-state index < -0.39 is 0 Å². The molecule has 1 aromatic heterocycles. The Morgan fingerprint density at radius 1 is 1.06 bits per heavy atom. The zero-order valence-corrected chi connectivity index (χ0v) is 9.83. The van der Waals surface area contributed by atoms with Crippen LogP contribution in [0, 0.1) is 20.8 Å². The third-order valence-electron chi connectivity index (χ3n) is 3.72. The van der Waals surface area contributed by atoms with E-state index in [0.29, 0.717) is 0 Å². The second-order valence-electron chi connectivity index (χ2n) is 4.53. The van der Waals surface area contributed by atoms with E-state index in [4.69, 9.17) is 0 Å². The van der Waals surface area contributed by atoms with Crippen LogP contribution in [0.5, 0.6) is 0 Å². The quantitative estimate of drug-likeness (QED) is 0.570. The van der Waals surface area contributed by atoms with Gasteiger partial charge in [0.25, 0.3) is 0 Å². The van der Waals surface area contributed by atoms with Crippen molar-refractivity contribution >= 4 is 0 Å². The molecule has 0 aliphatic heterocycles. The van der Waals surface area contributed by atoms with Gasteiger partial charge in [-0.05, 0) is 48.6 Å². The molecule has 0 amide bonds. The zero-order chi connectivity index (χ0) is 11.3. The Kier molecular flexibility index (Phi) is 1.87. The van der Waals surface area contributed by atoms with E-state index in [1.165, 1.54) is 33.4 Å². The second-order valence-corrected chi connectivity index (χ2v) is 4.53. The van der Waals surface area contributed by atoms with Crippen LogP contribution in [0.4, 0.5) is 0 Å². The molecule has 1 aliphatic carbocycles. The van der Waals surface area contributed by atoms with Gasteiger partial charge in [-0.2, -0.15) is 0 Å². The van der Waals surface area contributed by atoms with E-state index in [2.05, 4.69) is 36.8 Å². The van der Waals surface area contributed by atoms with E-state index in [-0.39, 0.29) is 0 Å². The third-order valence-corrected chi connectivity index (χ3v) is 3.72. The summed E-state index contributed by atoms with van der Waals surface area (Å²) in [5.74, 6) is 0. The van der Waals surface area contributed by atoms with Gasteiger partial charge in [-0.3, -0.25) is 0 Å². The first-order valence-corrected chi connectivity index (χ1v) is 5.57. The highest BCUT2D eigenvalue weighted by Gasteiger charge is 2.22. The van der Waals surface area contributed by atoms with E-state index in [0.717, 1.165) is 12.1 Å². The lowest BCUT2D eigenvalue weighted by Gasteiger charge is -2.10. The van der Waals surface area contributed by atoms with Crippen molar-refractivity contribution in [2.45, 2.75) is 27.2 Å². The molecule has 0 fully saturated rings. The summed E-state index contributed by atoms with van der Waals surface area (Å²) in [6.07, 6.45) is 4.53. The molecule has 0 unspecified atom stereocenters. The molecule has 0 N–H and O–H groups in total. The number of benzene rings is 1. The number of fused-ring (bicyclic) bond motifs is 3. The smallest absolute Gasteiger partial charge is 0.115 e. The van der Waals surface area contributed by atoms with Crippen molar-refractivity contribution in [2.24, 2.45) is 0 Å². The molecule has 1 aromatic carbocycles. The van der Waals surface area contributed by atoms with Gasteiger partial charge in [0.2, 0.25) is 0 Å². The molecule has 0 atom stereocenters. The minimum Gasteiger partial charge on any atom is -0.244 e. The van der Waals surface area contributed by atoms with Gasteiger partial charge in [0.05, 0.1) is 5.69 Å². The average molecular weight is 210 g/mol. The van der Waals surface area contributed by atoms with Crippen molar-refractivity contribution in [3.8, 4) is 11.1 Å². The lowest BCUT2D eigenvalue weighted by atomic mass is 9.94. The molecule has 3 rings (SSSR count). The molecular formula is C14H14N2. The summed E-state index contributed by atoms with van der Waals surface area (Å²) in [5, 5.41) is 0. The highest BCUT2D eigenvalue weighted by atomic mass is 14.8. The number of aryl methyl sites for hydroxylation is 1. The lowest BCUT2D eigenvalue weighted by Crippen LogP contribution is -1.93. The Balaban J connectivity index is 2.34. The molecule has 1 heterocycles. The zero-order valence-electron chi connectivity index (χ0n) is 9.83. The van der Waals surface area contributed by atoms with Gasteiger partial charge in [-0.25, -0.2) is 9.97 Å². The van der Waals surface area contributed by atoms with Crippen LogP contribution in [-0.4, -0.2) is 9.97 Å². The first-order valence-electron chi connectivity index (χ1n) is 5.57. The maximum absolute atomic E-state index is 4.36. The highest BCUT2D eigenvalue weighted by Crippen LogP contribution is 2.38. The van der Waals surface area contributed by atoms with Crippen LogP contribution in [0.3, 0.4) is 0 Å². The van der Waals surface area contributed by atoms with Gasteiger partial charge in [-0.1, -0.05) is 6.07 Å². The van der Waals surface area contributed by atoms with Gasteiger partial charge in [0, 0.05) is 18.2 Å². The van der Waals surface area contributed by atoms with Crippen molar-refractivity contribution < 1.29 is 0 Å². The Morgan fingerprint density at radius 3 is 2.69 bits per heavy atom. The average Bonchev–Trinajstić information content (AvgIpc) is 2.65. The van der Waals surface area contributed by atoms with Gasteiger partial charge >= 0.3 is 0 Å².